The molecule has 4 rings (SSSR count). The van der Waals surface area contributed by atoms with Gasteiger partial charge in [0.05, 0.1) is 45.6 Å². The van der Waals surface area contributed by atoms with Crippen molar-refractivity contribution in [3.63, 3.8) is 0 Å². The molecule has 182 valence electrons. The highest BCUT2D eigenvalue weighted by Crippen LogP contribution is 2.39. The number of benzene rings is 2. The summed E-state index contributed by atoms with van der Waals surface area (Å²) in [6, 6.07) is 15.4. The van der Waals surface area contributed by atoms with E-state index in [1.165, 1.54) is 11.3 Å². The first-order valence-electron chi connectivity index (χ1n) is 10.9. The fraction of sp³-hybridized carbons (Fsp3) is 0.240. The van der Waals surface area contributed by atoms with Crippen LogP contribution in [-0.4, -0.2) is 36.7 Å². The summed E-state index contributed by atoms with van der Waals surface area (Å²) in [6.45, 7) is 3.50. The minimum Gasteiger partial charge on any atom is -0.494 e. The number of rotatable bonds is 8. The lowest BCUT2D eigenvalue weighted by molar-refractivity contribution is -0.118. The van der Waals surface area contributed by atoms with Gasteiger partial charge in [-0.3, -0.25) is 14.7 Å². The maximum absolute atomic E-state index is 13.5. The summed E-state index contributed by atoms with van der Waals surface area (Å²) in [5.74, 6) is 0.364. The first-order valence-corrected chi connectivity index (χ1v) is 13.6. The predicted molar refractivity (Wildman–Crippen MR) is 139 cm³/mol. The van der Waals surface area contributed by atoms with Crippen LogP contribution in [0.4, 0.5) is 5.13 Å². The lowest BCUT2D eigenvalue weighted by atomic mass is 10.1. The molecular formula is C25H24ClN3O4S2. The number of carbonyl (C=O) groups is 1. The molecule has 0 radical (unpaired) electrons. The summed E-state index contributed by atoms with van der Waals surface area (Å²) < 4.78 is 31.0. The van der Waals surface area contributed by atoms with Crippen LogP contribution < -0.4 is 9.64 Å². The molecule has 2 heterocycles. The fourth-order valence-electron chi connectivity index (χ4n) is 3.48. The Bertz CT molecular complexity index is 1450. The maximum Gasteiger partial charge on any atom is 0.233 e. The van der Waals surface area contributed by atoms with Gasteiger partial charge in [0.25, 0.3) is 0 Å². The van der Waals surface area contributed by atoms with Gasteiger partial charge in [-0.2, -0.15) is 0 Å². The Labute approximate surface area is 213 Å². The topological polar surface area (TPSA) is 89.5 Å². The molecule has 0 spiro atoms. The largest absolute Gasteiger partial charge is 0.494 e. The van der Waals surface area contributed by atoms with Gasteiger partial charge in [0.1, 0.15) is 11.3 Å². The Kier molecular flexibility index (Phi) is 7.39. The van der Waals surface area contributed by atoms with Crippen molar-refractivity contribution in [3.8, 4) is 5.75 Å². The van der Waals surface area contributed by atoms with Crippen LogP contribution in [0.25, 0.3) is 10.2 Å². The molecule has 2 aromatic heterocycles. The maximum atomic E-state index is 13.5. The van der Waals surface area contributed by atoms with E-state index in [0.717, 1.165) is 4.70 Å². The quantitative estimate of drug-likeness (QED) is 0.307. The van der Waals surface area contributed by atoms with Gasteiger partial charge in [-0.25, -0.2) is 13.4 Å². The number of hydrogen-bond donors (Lipinski definition) is 0. The number of ether oxygens (including phenoxy) is 1. The molecule has 2 aromatic carbocycles. The van der Waals surface area contributed by atoms with Crippen molar-refractivity contribution in [3.05, 3.63) is 77.1 Å². The van der Waals surface area contributed by atoms with E-state index in [4.69, 9.17) is 16.3 Å². The summed E-state index contributed by atoms with van der Waals surface area (Å²) in [4.78, 5) is 24.4. The number of pyridine rings is 1. The first-order chi connectivity index (χ1) is 16.7. The Hall–Kier alpha value is -3.01. The van der Waals surface area contributed by atoms with Gasteiger partial charge in [-0.15, -0.1) is 0 Å². The lowest BCUT2D eigenvalue weighted by Gasteiger charge is -2.20. The third-order valence-electron chi connectivity index (χ3n) is 5.47. The number of thiazole rings is 1. The highest BCUT2D eigenvalue weighted by Gasteiger charge is 2.24. The van der Waals surface area contributed by atoms with E-state index in [2.05, 4.69) is 9.97 Å². The van der Waals surface area contributed by atoms with Crippen LogP contribution in [0.15, 0.2) is 65.7 Å². The number of carbonyl (C=O) groups excluding carboxylic acids is 1. The molecule has 1 amide bonds. The smallest absolute Gasteiger partial charge is 0.233 e. The molecule has 0 N–H and O–H groups in total. The van der Waals surface area contributed by atoms with E-state index >= 15 is 0 Å². The second kappa shape index (κ2) is 10.3. The van der Waals surface area contributed by atoms with Crippen LogP contribution in [0.1, 0.15) is 25.1 Å². The van der Waals surface area contributed by atoms with E-state index < -0.39 is 15.1 Å². The molecule has 35 heavy (non-hydrogen) atoms. The van der Waals surface area contributed by atoms with E-state index in [0.29, 0.717) is 32.7 Å². The third-order valence-corrected chi connectivity index (χ3v) is 9.18. The fourth-order valence-corrected chi connectivity index (χ4v) is 5.81. The van der Waals surface area contributed by atoms with Gasteiger partial charge >= 0.3 is 0 Å². The second-order valence-electron chi connectivity index (χ2n) is 8.14. The van der Waals surface area contributed by atoms with Crippen LogP contribution in [0.2, 0.25) is 5.02 Å². The normalized spacial score (nSPS) is 11.7. The number of hydrogen-bond acceptors (Lipinski definition) is 7. The molecule has 4 aromatic rings. The van der Waals surface area contributed by atoms with Gasteiger partial charge < -0.3 is 4.74 Å². The molecule has 7 nitrogen and oxygen atoms in total. The SMILES string of the molecule is COc1ccc(Cl)c2sc(N(Cc3ccccn3)C(=O)Cc3ccc(S(=O)(=O)C(C)C)cc3)nc12. The van der Waals surface area contributed by atoms with Crippen molar-refractivity contribution in [1.82, 2.24) is 9.97 Å². The summed E-state index contributed by atoms with van der Waals surface area (Å²) in [5, 5.41) is 0.476. The van der Waals surface area contributed by atoms with Crippen molar-refractivity contribution >= 4 is 54.0 Å². The van der Waals surface area contributed by atoms with E-state index in [1.807, 2.05) is 18.2 Å². The minimum atomic E-state index is -3.38. The molecule has 0 saturated carbocycles. The number of anilines is 1. The highest BCUT2D eigenvalue weighted by molar-refractivity contribution is 7.92. The third kappa shape index (κ3) is 5.32. The van der Waals surface area contributed by atoms with Gasteiger partial charge in [0.15, 0.2) is 15.0 Å². The van der Waals surface area contributed by atoms with Crippen molar-refractivity contribution < 1.29 is 17.9 Å². The molecule has 10 heteroatoms. The summed E-state index contributed by atoms with van der Waals surface area (Å²) in [5.41, 5.74) is 1.99. The number of halogens is 1. The summed E-state index contributed by atoms with van der Waals surface area (Å²) in [7, 11) is -1.83. The monoisotopic (exact) mass is 529 g/mol. The molecule has 0 fully saturated rings. The molecule has 0 unspecified atom stereocenters. The zero-order chi connectivity index (χ0) is 25.2. The second-order valence-corrected chi connectivity index (χ2v) is 12.0. The molecule has 0 aliphatic carbocycles. The predicted octanol–water partition coefficient (Wildman–Crippen LogP) is 5.31. The zero-order valence-corrected chi connectivity index (χ0v) is 21.8. The van der Waals surface area contributed by atoms with Crippen molar-refractivity contribution in [2.45, 2.75) is 37.0 Å². The van der Waals surface area contributed by atoms with E-state index in [1.54, 1.807) is 68.5 Å². The number of sulfone groups is 1. The van der Waals surface area contributed by atoms with Crippen LogP contribution in [0.5, 0.6) is 5.75 Å². The standard InChI is InChI=1S/C25H24ClN3O4S2/c1-16(2)35(31,32)19-9-7-17(8-10-19)14-22(30)29(15-18-6-4-5-13-27-18)25-28-23-21(33-3)12-11-20(26)24(23)34-25/h4-13,16H,14-15H2,1-3H3. The summed E-state index contributed by atoms with van der Waals surface area (Å²) >= 11 is 7.70. The number of nitrogens with zero attached hydrogens (tertiary/aromatic N) is 3. The van der Waals surface area contributed by atoms with Gasteiger partial charge in [0.2, 0.25) is 5.91 Å². The zero-order valence-electron chi connectivity index (χ0n) is 19.4. The first kappa shape index (κ1) is 25.1. The molecule has 0 aliphatic heterocycles. The van der Waals surface area contributed by atoms with Crippen molar-refractivity contribution in [2.24, 2.45) is 0 Å². The van der Waals surface area contributed by atoms with Crippen molar-refractivity contribution in [2.75, 3.05) is 12.0 Å². The van der Waals surface area contributed by atoms with Crippen LogP contribution in [-0.2, 0) is 27.6 Å². The number of aromatic nitrogens is 2. The lowest BCUT2D eigenvalue weighted by Crippen LogP contribution is -2.32. The van der Waals surface area contributed by atoms with Gasteiger partial charge in [-0.05, 0) is 55.8 Å². The Balaban J connectivity index is 1.68. The molecule has 0 aliphatic rings. The number of fused-ring (bicyclic) bond motifs is 1. The Morgan fingerprint density at radius 3 is 2.49 bits per heavy atom. The van der Waals surface area contributed by atoms with Crippen LogP contribution in [0, 0.1) is 0 Å². The van der Waals surface area contributed by atoms with Gasteiger partial charge in [-0.1, -0.05) is 41.1 Å². The number of methoxy groups -OCH3 is 1. The molecular weight excluding hydrogens is 506 g/mol. The van der Waals surface area contributed by atoms with Gasteiger partial charge in [0, 0.05) is 6.20 Å². The molecule has 0 bridgehead atoms. The summed E-state index contributed by atoms with van der Waals surface area (Å²) in [6.07, 6.45) is 1.74. The van der Waals surface area contributed by atoms with Crippen molar-refractivity contribution in [1.29, 1.82) is 0 Å². The average Bonchev–Trinajstić information content (AvgIpc) is 3.30. The van der Waals surface area contributed by atoms with Crippen LogP contribution in [0.3, 0.4) is 0 Å². The Morgan fingerprint density at radius 2 is 1.86 bits per heavy atom. The minimum absolute atomic E-state index is 0.0651. The van der Waals surface area contributed by atoms with E-state index in [9.17, 15) is 13.2 Å². The van der Waals surface area contributed by atoms with E-state index in [-0.39, 0.29) is 23.8 Å². The average molecular weight is 530 g/mol. The van der Waals surface area contributed by atoms with Crippen LogP contribution >= 0.6 is 22.9 Å². The molecule has 0 saturated heterocycles. The highest BCUT2D eigenvalue weighted by atomic mass is 35.5. The molecule has 0 atom stereocenters. The number of amides is 1. The Morgan fingerprint density at radius 1 is 1.11 bits per heavy atom.